The Hall–Kier alpha value is -0.620. The summed E-state index contributed by atoms with van der Waals surface area (Å²) in [4.78, 5) is 3.24. The minimum absolute atomic E-state index is 0.637. The topological polar surface area (TPSA) is 13.6 Å². The van der Waals surface area contributed by atoms with Gasteiger partial charge in [-0.25, -0.2) is 4.85 Å². The molecule has 0 aliphatic rings. The Morgan fingerprint density at radius 2 is 1.57 bits per heavy atom. The number of benzene rings is 1. The number of hydrogen-bond donors (Lipinski definition) is 0. The summed E-state index contributed by atoms with van der Waals surface area (Å²) in [6.45, 7) is 6.66. The van der Waals surface area contributed by atoms with Crippen LogP contribution in [0.2, 0.25) is 14.0 Å². The van der Waals surface area contributed by atoms with Gasteiger partial charge in [0.1, 0.15) is 5.75 Å². The normalized spacial score (nSPS) is 7.93. The van der Waals surface area contributed by atoms with Gasteiger partial charge < -0.3 is 4.74 Å². The van der Waals surface area contributed by atoms with Crippen molar-refractivity contribution < 1.29 is 4.74 Å². The van der Waals surface area contributed by atoms with Crippen molar-refractivity contribution >= 4 is 27.1 Å². The summed E-state index contributed by atoms with van der Waals surface area (Å²) in [5.41, 5.74) is 0.640. The second kappa shape index (κ2) is 7.75. The molecule has 3 heteroatoms. The van der Waals surface area contributed by atoms with Gasteiger partial charge in [-0.1, -0.05) is 12.1 Å². The molecule has 1 aromatic carbocycles. The van der Waals surface area contributed by atoms with Crippen LogP contribution in [0.15, 0.2) is 24.3 Å². The first-order valence-corrected chi connectivity index (χ1v) is 14.5. The Bertz CT molecular complexity index is 284. The molecule has 14 heavy (non-hydrogen) atoms. The minimum atomic E-state index is -0.637. The maximum atomic E-state index is 6.66. The Balaban J connectivity index is 0.000000364. The van der Waals surface area contributed by atoms with E-state index in [1.807, 2.05) is 0 Å². The van der Waals surface area contributed by atoms with Crippen molar-refractivity contribution in [2.45, 2.75) is 14.0 Å². The standard InChI is InChI=1S/C8H7NO.3CH3.In/c1-9-7-3-5-8(10-2)6-4-7;;;;/h3-6H,2H3;3*1H3;. The molecular weight excluding hydrogens is 277 g/mol. The van der Waals surface area contributed by atoms with E-state index >= 15 is 0 Å². The van der Waals surface area contributed by atoms with Gasteiger partial charge in [-0.2, -0.15) is 0 Å². The molecule has 0 saturated carbocycles. The second-order valence-electron chi connectivity index (χ2n) is 3.54. The van der Waals surface area contributed by atoms with E-state index in [0.717, 1.165) is 5.75 Å². The van der Waals surface area contributed by atoms with E-state index in [0.29, 0.717) is 5.69 Å². The summed E-state index contributed by atoms with van der Waals surface area (Å²) in [6.07, 6.45) is 0. The predicted octanol–water partition coefficient (Wildman–Crippen LogP) is 3.62. The van der Waals surface area contributed by atoms with Crippen LogP contribution in [0.5, 0.6) is 5.75 Å². The van der Waals surface area contributed by atoms with Crippen LogP contribution in [0.1, 0.15) is 0 Å². The Morgan fingerprint density at radius 1 is 1.14 bits per heavy atom. The monoisotopic (exact) mass is 293 g/mol. The molecule has 2 nitrogen and oxygen atoms in total. The summed E-state index contributed by atoms with van der Waals surface area (Å²) < 4.78 is 12.0. The molecule has 0 amide bonds. The molecule has 0 fully saturated rings. The summed E-state index contributed by atoms with van der Waals surface area (Å²) in [5, 5.41) is 0. The van der Waals surface area contributed by atoms with E-state index in [4.69, 9.17) is 11.3 Å². The van der Waals surface area contributed by atoms with Crippen molar-refractivity contribution in [2.75, 3.05) is 7.11 Å². The van der Waals surface area contributed by atoms with Gasteiger partial charge in [-0.15, -0.1) is 0 Å². The zero-order valence-corrected chi connectivity index (χ0v) is 12.5. The van der Waals surface area contributed by atoms with Crippen LogP contribution in [0.4, 0.5) is 5.69 Å². The van der Waals surface area contributed by atoms with Gasteiger partial charge in [0, 0.05) is 0 Å². The fourth-order valence-electron chi connectivity index (χ4n) is 0.657. The van der Waals surface area contributed by atoms with Gasteiger partial charge in [0.15, 0.2) is 5.69 Å². The average molecular weight is 293 g/mol. The molecule has 1 aromatic rings. The van der Waals surface area contributed by atoms with Crippen LogP contribution in [0, 0.1) is 6.57 Å². The fourth-order valence-corrected chi connectivity index (χ4v) is 0.657. The van der Waals surface area contributed by atoms with Crippen LogP contribution < -0.4 is 4.74 Å². The predicted molar refractivity (Wildman–Crippen MR) is 62.6 cm³/mol. The van der Waals surface area contributed by atoms with Crippen LogP contribution in [-0.4, -0.2) is 28.5 Å². The first kappa shape index (κ1) is 13.4. The fraction of sp³-hybridized carbons (Fsp3) is 0.364. The van der Waals surface area contributed by atoms with E-state index in [1.54, 1.807) is 31.4 Å². The van der Waals surface area contributed by atoms with Crippen LogP contribution in [0.3, 0.4) is 0 Å². The van der Waals surface area contributed by atoms with Crippen molar-refractivity contribution in [3.05, 3.63) is 35.7 Å². The molecule has 0 atom stereocenters. The third-order valence-electron chi connectivity index (χ3n) is 1.20. The maximum absolute atomic E-state index is 6.66. The summed E-state index contributed by atoms with van der Waals surface area (Å²) in [5.74, 6) is 0.785. The van der Waals surface area contributed by atoms with Crippen LogP contribution in [0.25, 0.3) is 4.85 Å². The molecule has 0 heterocycles. The number of rotatable bonds is 1. The van der Waals surface area contributed by atoms with E-state index in [-0.39, 0.29) is 0 Å². The van der Waals surface area contributed by atoms with E-state index in [9.17, 15) is 0 Å². The molecular formula is C11H16InNO. The molecule has 0 saturated heterocycles. The Kier molecular flexibility index (Phi) is 7.41. The summed E-state index contributed by atoms with van der Waals surface area (Å²) >= 11 is -0.637. The van der Waals surface area contributed by atoms with E-state index in [2.05, 4.69) is 18.9 Å². The van der Waals surface area contributed by atoms with Crippen molar-refractivity contribution in [1.82, 2.24) is 0 Å². The van der Waals surface area contributed by atoms with Crippen LogP contribution in [-0.2, 0) is 0 Å². The van der Waals surface area contributed by atoms with Gasteiger partial charge in [-0.3, -0.25) is 0 Å². The number of hydrogen-bond acceptors (Lipinski definition) is 1. The SMILES string of the molecule is [C-]#[N+]c1ccc(OC)cc1.[CH3][In]([CH3])[CH3]. The molecule has 0 aliphatic heterocycles. The van der Waals surface area contributed by atoms with Gasteiger partial charge in [0.05, 0.1) is 13.7 Å². The van der Waals surface area contributed by atoms with Gasteiger partial charge >= 0.3 is 35.5 Å². The van der Waals surface area contributed by atoms with Crippen molar-refractivity contribution in [3.63, 3.8) is 0 Å². The molecule has 0 N–H and O–H groups in total. The molecule has 0 aromatic heterocycles. The van der Waals surface area contributed by atoms with Crippen LogP contribution >= 0.6 is 0 Å². The molecule has 1 rings (SSSR count). The zero-order chi connectivity index (χ0) is 11.0. The molecule has 0 radical (unpaired) electrons. The Labute approximate surface area is 94.3 Å². The van der Waals surface area contributed by atoms with E-state index < -0.39 is 21.4 Å². The molecule has 0 bridgehead atoms. The third kappa shape index (κ3) is 6.85. The second-order valence-corrected chi connectivity index (χ2v) is 13.4. The molecule has 0 unspecified atom stereocenters. The molecule has 74 valence electrons. The average Bonchev–Trinajstić information content (AvgIpc) is 2.17. The van der Waals surface area contributed by atoms with Crippen molar-refractivity contribution in [1.29, 1.82) is 0 Å². The summed E-state index contributed by atoms with van der Waals surface area (Å²) in [6, 6.07) is 7.00. The first-order valence-electron chi connectivity index (χ1n) is 4.61. The first-order chi connectivity index (χ1) is 6.60. The number of nitrogens with zero attached hydrogens (tertiary/aromatic N) is 1. The van der Waals surface area contributed by atoms with Crippen molar-refractivity contribution in [2.24, 2.45) is 0 Å². The number of ether oxygens (including phenoxy) is 1. The van der Waals surface area contributed by atoms with Gasteiger partial charge in [0.25, 0.3) is 0 Å². The Morgan fingerprint density at radius 3 is 1.86 bits per heavy atom. The quantitative estimate of drug-likeness (QED) is 0.721. The molecule has 0 spiro atoms. The zero-order valence-electron chi connectivity index (χ0n) is 9.24. The van der Waals surface area contributed by atoms with Gasteiger partial charge in [-0.05, 0) is 12.1 Å². The third-order valence-corrected chi connectivity index (χ3v) is 1.20. The number of methoxy groups -OCH3 is 1. The van der Waals surface area contributed by atoms with Gasteiger partial charge in [0.2, 0.25) is 0 Å². The van der Waals surface area contributed by atoms with E-state index in [1.165, 1.54) is 0 Å². The summed E-state index contributed by atoms with van der Waals surface area (Å²) in [7, 11) is 1.60. The van der Waals surface area contributed by atoms with Crippen molar-refractivity contribution in [3.8, 4) is 5.75 Å². The molecule has 0 aliphatic carbocycles.